The SMILES string of the molecule is CC1(C)OB(c2ccnc(N)c2C#N)OC1(C)C. The second-order valence-electron chi connectivity index (χ2n) is 5.36. The first kappa shape index (κ1) is 12.9. The lowest BCUT2D eigenvalue weighted by molar-refractivity contribution is 0.00578. The molecule has 0 spiro atoms. The van der Waals surface area contributed by atoms with Crippen molar-refractivity contribution >= 4 is 18.4 Å². The maximum absolute atomic E-state index is 9.14. The molecule has 0 unspecified atom stereocenters. The van der Waals surface area contributed by atoms with E-state index < -0.39 is 18.3 Å². The molecule has 0 aliphatic carbocycles. The van der Waals surface area contributed by atoms with E-state index in [0.717, 1.165) is 0 Å². The van der Waals surface area contributed by atoms with Crippen LogP contribution in [0.1, 0.15) is 33.3 Å². The van der Waals surface area contributed by atoms with Gasteiger partial charge in [-0.3, -0.25) is 0 Å². The third-order valence-electron chi connectivity index (χ3n) is 3.63. The molecule has 0 atom stereocenters. The van der Waals surface area contributed by atoms with Crippen LogP contribution in [0.3, 0.4) is 0 Å². The Morgan fingerprint density at radius 2 is 1.83 bits per heavy atom. The molecule has 2 rings (SSSR count). The minimum atomic E-state index is -0.588. The Balaban J connectivity index is 2.42. The normalized spacial score (nSPS) is 20.7. The molecule has 1 fully saturated rings. The summed E-state index contributed by atoms with van der Waals surface area (Å²) >= 11 is 0. The molecule has 2 heterocycles. The third kappa shape index (κ3) is 1.86. The highest BCUT2D eigenvalue weighted by Gasteiger charge is 2.52. The van der Waals surface area contributed by atoms with E-state index in [0.29, 0.717) is 11.0 Å². The molecule has 0 bridgehead atoms. The average molecular weight is 245 g/mol. The molecule has 1 aromatic rings. The van der Waals surface area contributed by atoms with Gasteiger partial charge in [-0.05, 0) is 33.8 Å². The second kappa shape index (κ2) is 3.97. The van der Waals surface area contributed by atoms with E-state index in [1.54, 1.807) is 12.3 Å². The Morgan fingerprint density at radius 1 is 1.28 bits per heavy atom. The summed E-state index contributed by atoms with van der Waals surface area (Å²) in [5.41, 5.74) is 5.75. The molecule has 5 nitrogen and oxygen atoms in total. The van der Waals surface area contributed by atoms with Gasteiger partial charge in [0.05, 0.1) is 16.8 Å². The fourth-order valence-corrected chi connectivity index (χ4v) is 1.78. The molecule has 6 heteroatoms. The van der Waals surface area contributed by atoms with Gasteiger partial charge < -0.3 is 15.0 Å². The zero-order chi connectivity index (χ0) is 13.6. The highest BCUT2D eigenvalue weighted by Crippen LogP contribution is 2.36. The van der Waals surface area contributed by atoms with Gasteiger partial charge in [0.2, 0.25) is 0 Å². The number of hydrogen-bond acceptors (Lipinski definition) is 5. The smallest absolute Gasteiger partial charge is 0.399 e. The lowest BCUT2D eigenvalue weighted by Gasteiger charge is -2.32. The number of nitrogens with zero attached hydrogens (tertiary/aromatic N) is 2. The van der Waals surface area contributed by atoms with Crippen LogP contribution in [0.15, 0.2) is 12.3 Å². The first-order valence-corrected chi connectivity index (χ1v) is 5.78. The van der Waals surface area contributed by atoms with Crippen molar-refractivity contribution in [2.45, 2.75) is 38.9 Å². The Labute approximate surface area is 107 Å². The van der Waals surface area contributed by atoms with Gasteiger partial charge in [0.25, 0.3) is 0 Å². The number of pyridine rings is 1. The highest BCUT2D eigenvalue weighted by atomic mass is 16.7. The highest BCUT2D eigenvalue weighted by molar-refractivity contribution is 6.63. The number of nitrogen functional groups attached to an aromatic ring is 1. The van der Waals surface area contributed by atoms with E-state index in [2.05, 4.69) is 4.98 Å². The van der Waals surface area contributed by atoms with Crippen molar-refractivity contribution < 1.29 is 9.31 Å². The summed E-state index contributed by atoms with van der Waals surface area (Å²) < 4.78 is 11.8. The van der Waals surface area contributed by atoms with E-state index in [4.69, 9.17) is 20.3 Å². The van der Waals surface area contributed by atoms with Crippen LogP contribution in [-0.2, 0) is 9.31 Å². The van der Waals surface area contributed by atoms with Gasteiger partial charge in [0, 0.05) is 11.7 Å². The van der Waals surface area contributed by atoms with Crippen LogP contribution in [0.25, 0.3) is 0 Å². The maximum atomic E-state index is 9.14. The number of rotatable bonds is 1. The monoisotopic (exact) mass is 245 g/mol. The van der Waals surface area contributed by atoms with Gasteiger partial charge in [-0.1, -0.05) is 0 Å². The molecule has 94 valence electrons. The lowest BCUT2D eigenvalue weighted by atomic mass is 9.76. The summed E-state index contributed by atoms with van der Waals surface area (Å²) in [5, 5.41) is 9.14. The zero-order valence-corrected chi connectivity index (χ0v) is 11.0. The lowest BCUT2D eigenvalue weighted by Crippen LogP contribution is -2.41. The fraction of sp³-hybridized carbons (Fsp3) is 0.500. The first-order chi connectivity index (χ1) is 8.28. The van der Waals surface area contributed by atoms with Crippen molar-refractivity contribution in [3.8, 4) is 6.07 Å². The van der Waals surface area contributed by atoms with Crippen molar-refractivity contribution in [1.29, 1.82) is 5.26 Å². The van der Waals surface area contributed by atoms with Gasteiger partial charge in [0.1, 0.15) is 11.9 Å². The number of nitrogens with two attached hydrogens (primary N) is 1. The van der Waals surface area contributed by atoms with Crippen molar-refractivity contribution in [2.75, 3.05) is 5.73 Å². The van der Waals surface area contributed by atoms with Crippen LogP contribution in [0.4, 0.5) is 5.82 Å². The molecule has 1 aliphatic rings. The van der Waals surface area contributed by atoms with Gasteiger partial charge in [-0.15, -0.1) is 0 Å². The van der Waals surface area contributed by atoms with Crippen molar-refractivity contribution in [2.24, 2.45) is 0 Å². The Morgan fingerprint density at radius 3 is 2.33 bits per heavy atom. The maximum Gasteiger partial charge on any atom is 0.496 e. The van der Waals surface area contributed by atoms with E-state index in [1.165, 1.54) is 0 Å². The molecular formula is C12H16BN3O2. The third-order valence-corrected chi connectivity index (χ3v) is 3.63. The topological polar surface area (TPSA) is 81.2 Å². The second-order valence-corrected chi connectivity index (χ2v) is 5.36. The van der Waals surface area contributed by atoms with E-state index in [1.807, 2.05) is 33.8 Å². The minimum Gasteiger partial charge on any atom is -0.399 e. The summed E-state index contributed by atoms with van der Waals surface area (Å²) in [6.07, 6.45) is 1.55. The standard InChI is InChI=1S/C12H16BN3O2/c1-11(2)12(3,4)18-13(17-11)9-5-6-16-10(15)8(9)7-14/h5-6H,1-4H3,(H2,15,16). The summed E-state index contributed by atoms with van der Waals surface area (Å²) in [6, 6.07) is 3.75. The fourth-order valence-electron chi connectivity index (χ4n) is 1.78. The number of anilines is 1. The average Bonchev–Trinajstić information content (AvgIpc) is 2.47. The van der Waals surface area contributed by atoms with Crippen LogP contribution in [-0.4, -0.2) is 23.3 Å². The molecular weight excluding hydrogens is 229 g/mol. The van der Waals surface area contributed by atoms with Gasteiger partial charge in [-0.25, -0.2) is 4.98 Å². The zero-order valence-electron chi connectivity index (χ0n) is 11.0. The predicted molar refractivity (Wildman–Crippen MR) is 69.1 cm³/mol. The quantitative estimate of drug-likeness (QED) is 0.741. The van der Waals surface area contributed by atoms with Crippen LogP contribution in [0, 0.1) is 11.3 Å². The summed E-state index contributed by atoms with van der Waals surface area (Å²) in [5.74, 6) is 0.199. The van der Waals surface area contributed by atoms with Crippen molar-refractivity contribution in [3.63, 3.8) is 0 Å². The van der Waals surface area contributed by atoms with Gasteiger partial charge >= 0.3 is 7.12 Å². The molecule has 2 N–H and O–H groups in total. The van der Waals surface area contributed by atoms with Crippen LogP contribution < -0.4 is 11.2 Å². The molecule has 1 aliphatic heterocycles. The summed E-state index contributed by atoms with van der Waals surface area (Å²) in [4.78, 5) is 3.90. The van der Waals surface area contributed by atoms with Crippen LogP contribution >= 0.6 is 0 Å². The van der Waals surface area contributed by atoms with E-state index in [-0.39, 0.29) is 5.82 Å². The number of hydrogen-bond donors (Lipinski definition) is 1. The van der Waals surface area contributed by atoms with Crippen molar-refractivity contribution in [1.82, 2.24) is 4.98 Å². The number of aromatic nitrogens is 1. The summed E-state index contributed by atoms with van der Waals surface area (Å²) in [6.45, 7) is 7.85. The molecule has 18 heavy (non-hydrogen) atoms. The minimum absolute atomic E-state index is 0.199. The summed E-state index contributed by atoms with van der Waals surface area (Å²) in [7, 11) is -0.588. The predicted octanol–water partition coefficient (Wildman–Crippen LogP) is 0.835. The molecule has 0 amide bonds. The van der Waals surface area contributed by atoms with Crippen molar-refractivity contribution in [3.05, 3.63) is 17.8 Å². The first-order valence-electron chi connectivity index (χ1n) is 5.78. The van der Waals surface area contributed by atoms with Gasteiger partial charge in [-0.2, -0.15) is 5.26 Å². The number of nitriles is 1. The Hall–Kier alpha value is -1.58. The van der Waals surface area contributed by atoms with Gasteiger partial charge in [0.15, 0.2) is 0 Å². The molecule has 0 saturated carbocycles. The largest absolute Gasteiger partial charge is 0.496 e. The Bertz CT molecular complexity index is 507. The van der Waals surface area contributed by atoms with Crippen LogP contribution in [0.5, 0.6) is 0 Å². The van der Waals surface area contributed by atoms with Crippen LogP contribution in [0.2, 0.25) is 0 Å². The molecule has 0 radical (unpaired) electrons. The van der Waals surface area contributed by atoms with E-state index >= 15 is 0 Å². The molecule has 1 aromatic heterocycles. The Kier molecular flexibility index (Phi) is 2.84. The van der Waals surface area contributed by atoms with E-state index in [9.17, 15) is 0 Å². The molecule has 0 aromatic carbocycles. The molecule has 1 saturated heterocycles.